The minimum absolute atomic E-state index is 0.0118. The first-order chi connectivity index (χ1) is 18.3. The average Bonchev–Trinajstić information content (AvgIpc) is 3.32. The Hall–Kier alpha value is -3.30. The Morgan fingerprint density at radius 3 is 2.53 bits per heavy atom. The van der Waals surface area contributed by atoms with Crippen molar-refractivity contribution in [2.75, 3.05) is 32.8 Å². The van der Waals surface area contributed by atoms with Crippen LogP contribution in [0, 0.1) is 0 Å². The molecule has 2 aliphatic heterocycles. The highest BCUT2D eigenvalue weighted by Crippen LogP contribution is 2.52. The van der Waals surface area contributed by atoms with Crippen molar-refractivity contribution in [3.05, 3.63) is 65.9 Å². The monoisotopic (exact) mass is 534 g/mol. The molecule has 0 saturated carbocycles. The highest BCUT2D eigenvalue weighted by molar-refractivity contribution is 7.99. The minimum Gasteiger partial charge on any atom is -0.444 e. The first-order valence-corrected chi connectivity index (χ1v) is 14.0. The van der Waals surface area contributed by atoms with E-state index < -0.39 is 11.7 Å². The molecular formula is C29H34N4O4S. The molecule has 1 fully saturated rings. The standard InChI is InChI=1S/C29H34N4O4S/c1-29(2,3)37-28(35)30-15-9-14-23-24-25(27(34)32-16-18-36-19-17-32)31-33(20-10-5-4-6-11-20)26(24)21-12-7-8-13-22(21)38-23/h4-8,10-13,23H,9,14-19H2,1-3H3,(H,30,35). The van der Waals surface area contributed by atoms with E-state index in [9.17, 15) is 9.59 Å². The van der Waals surface area contributed by atoms with Crippen LogP contribution in [-0.4, -0.2) is 65.1 Å². The number of hydrogen-bond donors (Lipinski definition) is 1. The highest BCUT2D eigenvalue weighted by Gasteiger charge is 2.36. The molecule has 3 heterocycles. The lowest BCUT2D eigenvalue weighted by Gasteiger charge is -2.29. The zero-order chi connectivity index (χ0) is 26.7. The number of nitrogens with one attached hydrogen (secondary N) is 1. The summed E-state index contributed by atoms with van der Waals surface area (Å²) in [7, 11) is 0. The lowest BCUT2D eigenvalue weighted by molar-refractivity contribution is 0.0298. The van der Waals surface area contributed by atoms with Gasteiger partial charge in [-0.15, -0.1) is 11.8 Å². The molecule has 0 aliphatic carbocycles. The number of carbonyl (C=O) groups is 2. The normalized spacial score (nSPS) is 16.9. The van der Waals surface area contributed by atoms with Gasteiger partial charge in [-0.25, -0.2) is 9.48 Å². The van der Waals surface area contributed by atoms with Crippen LogP contribution in [0.1, 0.15) is 54.9 Å². The summed E-state index contributed by atoms with van der Waals surface area (Å²) in [6.45, 7) is 8.21. The van der Waals surface area contributed by atoms with Gasteiger partial charge in [0.05, 0.1) is 24.6 Å². The van der Waals surface area contributed by atoms with Crippen molar-refractivity contribution in [1.82, 2.24) is 20.0 Å². The second kappa shape index (κ2) is 11.2. The topological polar surface area (TPSA) is 85.7 Å². The number of amides is 2. The van der Waals surface area contributed by atoms with Gasteiger partial charge < -0.3 is 19.7 Å². The number of nitrogens with zero attached hydrogens (tertiary/aromatic N) is 3. The van der Waals surface area contributed by atoms with Gasteiger partial charge in [-0.2, -0.15) is 5.10 Å². The first-order valence-electron chi connectivity index (χ1n) is 13.1. The van der Waals surface area contributed by atoms with E-state index in [1.807, 2.05) is 72.8 Å². The summed E-state index contributed by atoms with van der Waals surface area (Å²) >= 11 is 1.76. The van der Waals surface area contributed by atoms with E-state index in [2.05, 4.69) is 17.4 Å². The average molecular weight is 535 g/mol. The van der Waals surface area contributed by atoms with E-state index in [-0.39, 0.29) is 11.2 Å². The number of alkyl carbamates (subject to hydrolysis) is 1. The van der Waals surface area contributed by atoms with Gasteiger partial charge >= 0.3 is 6.09 Å². The molecule has 2 aliphatic rings. The number of aromatic nitrogens is 2. The third-order valence-corrected chi connectivity index (χ3v) is 7.83. The molecule has 1 unspecified atom stereocenters. The third kappa shape index (κ3) is 5.73. The minimum atomic E-state index is -0.539. The lowest BCUT2D eigenvalue weighted by atomic mass is 9.98. The number of carbonyl (C=O) groups excluding carboxylic acids is 2. The van der Waals surface area contributed by atoms with Crippen molar-refractivity contribution in [1.29, 1.82) is 0 Å². The van der Waals surface area contributed by atoms with Crippen molar-refractivity contribution in [3.8, 4) is 16.9 Å². The van der Waals surface area contributed by atoms with Gasteiger partial charge in [-0.05, 0) is 51.8 Å². The van der Waals surface area contributed by atoms with E-state index in [0.29, 0.717) is 38.5 Å². The van der Waals surface area contributed by atoms with Crippen LogP contribution in [0.5, 0.6) is 0 Å². The second-order valence-electron chi connectivity index (χ2n) is 10.4. The van der Waals surface area contributed by atoms with Crippen molar-refractivity contribution in [2.45, 2.75) is 49.4 Å². The number of fused-ring (bicyclic) bond motifs is 3. The smallest absolute Gasteiger partial charge is 0.407 e. The summed E-state index contributed by atoms with van der Waals surface area (Å²) in [6.07, 6.45) is 1.09. The van der Waals surface area contributed by atoms with Gasteiger partial charge in [0, 0.05) is 40.9 Å². The number of thioether (sulfide) groups is 1. The van der Waals surface area contributed by atoms with Crippen LogP contribution in [-0.2, 0) is 9.47 Å². The Kier molecular flexibility index (Phi) is 7.76. The van der Waals surface area contributed by atoms with Crippen LogP contribution in [0.3, 0.4) is 0 Å². The third-order valence-electron chi connectivity index (χ3n) is 6.47. The fourth-order valence-corrected chi connectivity index (χ4v) is 6.18. The van der Waals surface area contributed by atoms with Crippen LogP contribution in [0.25, 0.3) is 16.9 Å². The molecule has 8 nitrogen and oxygen atoms in total. The molecule has 1 atom stereocenters. The summed E-state index contributed by atoms with van der Waals surface area (Å²) in [5.41, 5.74) is 3.88. The molecular weight excluding hydrogens is 500 g/mol. The number of rotatable bonds is 6. The Labute approximate surface area is 227 Å². The summed E-state index contributed by atoms with van der Waals surface area (Å²) in [6, 6.07) is 18.3. The summed E-state index contributed by atoms with van der Waals surface area (Å²) in [5, 5.41) is 7.84. The molecule has 1 N–H and O–H groups in total. The van der Waals surface area contributed by atoms with E-state index in [1.165, 1.54) is 0 Å². The molecule has 1 aromatic heterocycles. The predicted octanol–water partition coefficient (Wildman–Crippen LogP) is 5.46. The number of hydrogen-bond acceptors (Lipinski definition) is 6. The molecule has 1 saturated heterocycles. The molecule has 5 rings (SSSR count). The summed E-state index contributed by atoms with van der Waals surface area (Å²) in [5.74, 6) is -0.0592. The SMILES string of the molecule is CC(C)(C)OC(=O)NCCCC1Sc2ccccc2-c2c1c(C(=O)N1CCOCC1)nn2-c1ccccc1. The number of benzene rings is 2. The molecule has 0 radical (unpaired) electrons. The van der Waals surface area contributed by atoms with E-state index >= 15 is 0 Å². The van der Waals surface area contributed by atoms with Crippen molar-refractivity contribution < 1.29 is 19.1 Å². The zero-order valence-corrected chi connectivity index (χ0v) is 22.9. The maximum Gasteiger partial charge on any atom is 0.407 e. The van der Waals surface area contributed by atoms with E-state index in [0.717, 1.165) is 40.2 Å². The van der Waals surface area contributed by atoms with Crippen LogP contribution in [0.4, 0.5) is 4.79 Å². The number of morpholine rings is 1. The van der Waals surface area contributed by atoms with Crippen molar-refractivity contribution >= 4 is 23.8 Å². The highest BCUT2D eigenvalue weighted by atomic mass is 32.2. The Balaban J connectivity index is 1.49. The Bertz CT molecular complexity index is 1300. The molecule has 2 aromatic carbocycles. The van der Waals surface area contributed by atoms with Gasteiger partial charge in [0.1, 0.15) is 5.60 Å². The predicted molar refractivity (Wildman–Crippen MR) is 148 cm³/mol. The lowest BCUT2D eigenvalue weighted by Crippen LogP contribution is -2.41. The van der Waals surface area contributed by atoms with E-state index in [1.54, 1.807) is 11.8 Å². The second-order valence-corrected chi connectivity index (χ2v) is 11.7. The van der Waals surface area contributed by atoms with Gasteiger partial charge in [0.25, 0.3) is 5.91 Å². The Morgan fingerprint density at radius 2 is 1.79 bits per heavy atom. The van der Waals surface area contributed by atoms with Gasteiger partial charge in [0.2, 0.25) is 0 Å². The number of para-hydroxylation sites is 1. The molecule has 2 amide bonds. The molecule has 3 aromatic rings. The van der Waals surface area contributed by atoms with E-state index in [4.69, 9.17) is 14.6 Å². The summed E-state index contributed by atoms with van der Waals surface area (Å²) in [4.78, 5) is 29.0. The van der Waals surface area contributed by atoms with Gasteiger partial charge in [0.15, 0.2) is 5.69 Å². The molecule has 0 bridgehead atoms. The molecule has 9 heteroatoms. The van der Waals surface area contributed by atoms with Crippen LogP contribution in [0.15, 0.2) is 59.5 Å². The number of ether oxygens (including phenoxy) is 2. The van der Waals surface area contributed by atoms with Gasteiger partial charge in [-0.1, -0.05) is 36.4 Å². The molecule has 200 valence electrons. The fourth-order valence-electron chi connectivity index (χ4n) is 4.80. The van der Waals surface area contributed by atoms with Crippen LogP contribution in [0.2, 0.25) is 0 Å². The fraction of sp³-hybridized carbons (Fsp3) is 0.414. The maximum absolute atomic E-state index is 13.8. The van der Waals surface area contributed by atoms with Gasteiger partial charge in [-0.3, -0.25) is 4.79 Å². The van der Waals surface area contributed by atoms with Crippen LogP contribution < -0.4 is 5.32 Å². The molecule has 0 spiro atoms. The largest absolute Gasteiger partial charge is 0.444 e. The maximum atomic E-state index is 13.8. The first kappa shape index (κ1) is 26.3. The van der Waals surface area contributed by atoms with Crippen LogP contribution >= 0.6 is 11.8 Å². The summed E-state index contributed by atoms with van der Waals surface area (Å²) < 4.78 is 12.8. The zero-order valence-electron chi connectivity index (χ0n) is 22.1. The Morgan fingerprint density at radius 1 is 1.08 bits per heavy atom. The van der Waals surface area contributed by atoms with Crippen molar-refractivity contribution in [3.63, 3.8) is 0 Å². The van der Waals surface area contributed by atoms with Crippen molar-refractivity contribution in [2.24, 2.45) is 0 Å². The quantitative estimate of drug-likeness (QED) is 0.423. The molecule has 38 heavy (non-hydrogen) atoms.